The van der Waals surface area contributed by atoms with Crippen LogP contribution < -0.4 is 0 Å². The molecule has 0 unspecified atom stereocenters. The summed E-state index contributed by atoms with van der Waals surface area (Å²) >= 11 is 0. The third kappa shape index (κ3) is 3.41. The van der Waals surface area contributed by atoms with Crippen molar-refractivity contribution in [2.75, 3.05) is 26.3 Å². The molecule has 0 spiro atoms. The number of rotatable bonds is 2. The number of ether oxygens (including phenoxy) is 1. The maximum Gasteiger partial charge on any atom is 0.229 e. The molecular weight excluding hydrogens is 478 g/mol. The van der Waals surface area contributed by atoms with Crippen LogP contribution in [0.25, 0.3) is 0 Å². The van der Waals surface area contributed by atoms with Gasteiger partial charge in [0.15, 0.2) is 0 Å². The first-order valence-corrected chi connectivity index (χ1v) is 17.2. The van der Waals surface area contributed by atoms with Gasteiger partial charge in [0.2, 0.25) is 5.91 Å². The van der Waals surface area contributed by atoms with Gasteiger partial charge >= 0.3 is 0 Å². The van der Waals surface area contributed by atoms with E-state index in [1.807, 2.05) is 0 Å². The average molecular weight is 538 g/mol. The quantitative estimate of drug-likeness (QED) is 0.354. The van der Waals surface area contributed by atoms with Crippen LogP contribution in [0.1, 0.15) is 126 Å². The van der Waals surface area contributed by atoms with Gasteiger partial charge in [-0.2, -0.15) is 0 Å². The molecule has 0 radical (unpaired) electrons. The number of morpholine rings is 1. The Kier molecular flexibility index (Phi) is 5.95. The summed E-state index contributed by atoms with van der Waals surface area (Å²) in [7, 11) is 0. The molecule has 1 heterocycles. The van der Waals surface area contributed by atoms with Gasteiger partial charge in [-0.1, -0.05) is 48.5 Å². The lowest BCUT2D eigenvalue weighted by molar-refractivity contribution is -0.244. The fourth-order valence-electron chi connectivity index (χ4n) is 13.6. The summed E-state index contributed by atoms with van der Waals surface area (Å²) in [6.07, 6.45) is 16.2. The minimum atomic E-state index is -0.0929. The number of carbonyl (C=O) groups excluding carboxylic acids is 1. The SMILES string of the molecule is C[C@H]1CC[C@]2(C)[C@H]3CC[C@@H]4[C@H]5[C@H](C6(C)CC6)CC[C@]5(C(=O)N5CCOCC5)CC[C@@]4(C)[C@]3(C)CC[C@H]2C1(C)C. The molecule has 0 aromatic rings. The van der Waals surface area contributed by atoms with Gasteiger partial charge in [0, 0.05) is 13.1 Å². The van der Waals surface area contributed by atoms with Gasteiger partial charge in [-0.3, -0.25) is 4.79 Å². The Morgan fingerprint density at radius 1 is 0.692 bits per heavy atom. The first kappa shape index (κ1) is 27.3. The van der Waals surface area contributed by atoms with Gasteiger partial charge in [-0.15, -0.1) is 0 Å². The topological polar surface area (TPSA) is 29.5 Å². The molecule has 0 bridgehead atoms. The Bertz CT molecular complexity index is 1010. The number of carbonyl (C=O) groups is 1. The van der Waals surface area contributed by atoms with Crippen LogP contribution in [-0.2, 0) is 9.53 Å². The highest BCUT2D eigenvalue weighted by molar-refractivity contribution is 5.84. The second-order valence-corrected chi connectivity index (χ2v) is 17.8. The van der Waals surface area contributed by atoms with Crippen molar-refractivity contribution in [1.29, 1.82) is 0 Å². The lowest BCUT2D eigenvalue weighted by atomic mass is 9.32. The Hall–Kier alpha value is -0.570. The molecule has 7 fully saturated rings. The standard InChI is InChI=1S/C36H59NO2/c1-24-10-13-33(5)27(31(24,2)3)12-14-35(7)28(33)9-8-26-29-25(32(4)16-17-32)11-15-36(29,19-18-34(26,35)6)30(38)37-20-22-39-23-21-37/h24-29H,8-23H2,1-7H3/t24-,25+,26+,27-,28+,29+,33-,34+,35+,36-/m0/s1. The van der Waals surface area contributed by atoms with E-state index in [0.29, 0.717) is 38.9 Å². The Balaban J connectivity index is 1.27. The summed E-state index contributed by atoms with van der Waals surface area (Å²) in [4.78, 5) is 16.8. The van der Waals surface area contributed by atoms with Crippen molar-refractivity contribution < 1.29 is 9.53 Å². The number of nitrogens with zero attached hydrogens (tertiary/aromatic N) is 1. The van der Waals surface area contributed by atoms with Crippen LogP contribution >= 0.6 is 0 Å². The largest absolute Gasteiger partial charge is 0.378 e. The number of hydrogen-bond donors (Lipinski definition) is 0. The average Bonchev–Trinajstić information content (AvgIpc) is 3.52. The highest BCUT2D eigenvalue weighted by Crippen LogP contribution is 2.79. The summed E-state index contributed by atoms with van der Waals surface area (Å²) < 4.78 is 5.69. The van der Waals surface area contributed by atoms with Gasteiger partial charge in [-0.25, -0.2) is 0 Å². The fourth-order valence-corrected chi connectivity index (χ4v) is 13.6. The molecule has 0 aromatic heterocycles. The molecule has 7 aliphatic rings. The Morgan fingerprint density at radius 3 is 2.10 bits per heavy atom. The third-order valence-electron chi connectivity index (χ3n) is 16.6. The lowest BCUT2D eigenvalue weighted by Crippen LogP contribution is -2.67. The van der Waals surface area contributed by atoms with Crippen molar-refractivity contribution in [1.82, 2.24) is 4.90 Å². The molecule has 39 heavy (non-hydrogen) atoms. The molecule has 0 aromatic carbocycles. The second-order valence-electron chi connectivity index (χ2n) is 17.8. The van der Waals surface area contributed by atoms with Crippen LogP contribution in [0.15, 0.2) is 0 Å². The number of fused-ring (bicyclic) bond motifs is 7. The zero-order valence-corrected chi connectivity index (χ0v) is 26.5. The van der Waals surface area contributed by atoms with E-state index in [1.54, 1.807) is 0 Å². The molecule has 3 nitrogen and oxygen atoms in total. The van der Waals surface area contributed by atoms with E-state index in [9.17, 15) is 4.79 Å². The van der Waals surface area contributed by atoms with Crippen molar-refractivity contribution in [3.05, 3.63) is 0 Å². The predicted molar refractivity (Wildman–Crippen MR) is 158 cm³/mol. The molecule has 1 saturated heterocycles. The van der Waals surface area contributed by atoms with E-state index in [2.05, 4.69) is 53.4 Å². The van der Waals surface area contributed by atoms with Crippen LogP contribution in [0.2, 0.25) is 0 Å². The predicted octanol–water partition coefficient (Wildman–Crippen LogP) is 8.36. The number of amides is 1. The van der Waals surface area contributed by atoms with E-state index in [-0.39, 0.29) is 5.41 Å². The van der Waals surface area contributed by atoms with Gasteiger partial charge in [0.05, 0.1) is 18.6 Å². The number of hydrogen-bond acceptors (Lipinski definition) is 2. The molecule has 10 atom stereocenters. The smallest absolute Gasteiger partial charge is 0.229 e. The van der Waals surface area contributed by atoms with Crippen LogP contribution in [0.5, 0.6) is 0 Å². The summed E-state index contributed by atoms with van der Waals surface area (Å²) in [5, 5.41) is 0. The molecule has 1 amide bonds. The zero-order valence-electron chi connectivity index (χ0n) is 26.5. The minimum absolute atomic E-state index is 0.0929. The lowest BCUT2D eigenvalue weighted by Gasteiger charge is -2.73. The zero-order chi connectivity index (χ0) is 27.6. The normalized spacial score (nSPS) is 53.7. The van der Waals surface area contributed by atoms with Crippen molar-refractivity contribution in [2.45, 2.75) is 126 Å². The van der Waals surface area contributed by atoms with Crippen LogP contribution in [0.4, 0.5) is 0 Å². The highest BCUT2D eigenvalue weighted by atomic mass is 16.5. The van der Waals surface area contributed by atoms with E-state index in [4.69, 9.17) is 4.74 Å². The summed E-state index contributed by atoms with van der Waals surface area (Å²) in [5.74, 6) is 5.16. The third-order valence-corrected chi connectivity index (χ3v) is 16.6. The van der Waals surface area contributed by atoms with Crippen molar-refractivity contribution in [3.8, 4) is 0 Å². The molecule has 7 rings (SSSR count). The highest BCUT2D eigenvalue weighted by Gasteiger charge is 2.73. The van der Waals surface area contributed by atoms with E-state index in [0.717, 1.165) is 68.7 Å². The van der Waals surface area contributed by atoms with Gasteiger partial charge < -0.3 is 9.64 Å². The second kappa shape index (κ2) is 8.50. The molecule has 220 valence electrons. The van der Waals surface area contributed by atoms with E-state index in [1.165, 1.54) is 64.2 Å². The van der Waals surface area contributed by atoms with Crippen LogP contribution in [-0.4, -0.2) is 37.1 Å². The maximum absolute atomic E-state index is 14.6. The molecule has 6 saturated carbocycles. The van der Waals surface area contributed by atoms with Crippen molar-refractivity contribution in [2.24, 2.45) is 68.0 Å². The van der Waals surface area contributed by atoms with Crippen LogP contribution in [0.3, 0.4) is 0 Å². The summed E-state index contributed by atoms with van der Waals surface area (Å²) in [6, 6.07) is 0. The summed E-state index contributed by atoms with van der Waals surface area (Å²) in [5.41, 5.74) is 2.11. The minimum Gasteiger partial charge on any atom is -0.378 e. The first-order valence-electron chi connectivity index (χ1n) is 17.2. The molecule has 0 N–H and O–H groups in total. The monoisotopic (exact) mass is 537 g/mol. The van der Waals surface area contributed by atoms with Crippen molar-refractivity contribution in [3.63, 3.8) is 0 Å². The van der Waals surface area contributed by atoms with Crippen LogP contribution in [0, 0.1) is 68.0 Å². The van der Waals surface area contributed by atoms with E-state index >= 15 is 0 Å². The van der Waals surface area contributed by atoms with E-state index < -0.39 is 0 Å². The van der Waals surface area contributed by atoms with Crippen molar-refractivity contribution >= 4 is 5.91 Å². The Morgan fingerprint density at radius 2 is 1.41 bits per heavy atom. The fraction of sp³-hybridized carbons (Fsp3) is 0.972. The molecule has 6 aliphatic carbocycles. The first-order chi connectivity index (χ1) is 18.3. The van der Waals surface area contributed by atoms with Gasteiger partial charge in [0.25, 0.3) is 0 Å². The molecule has 1 aliphatic heterocycles. The molecule has 3 heteroatoms. The van der Waals surface area contributed by atoms with Gasteiger partial charge in [-0.05, 0) is 140 Å². The summed E-state index contributed by atoms with van der Waals surface area (Å²) in [6.45, 7) is 21.7. The maximum atomic E-state index is 14.6. The van der Waals surface area contributed by atoms with Gasteiger partial charge in [0.1, 0.15) is 0 Å². The molecular formula is C36H59NO2. The Labute approximate surface area is 240 Å².